The van der Waals surface area contributed by atoms with Gasteiger partial charge in [-0.2, -0.15) is 0 Å². The van der Waals surface area contributed by atoms with Crippen LogP contribution in [0.15, 0.2) is 30.3 Å². The molecule has 1 aromatic carbocycles. The lowest BCUT2D eigenvalue weighted by Crippen LogP contribution is -2.34. The lowest BCUT2D eigenvalue weighted by molar-refractivity contribution is 0.488. The van der Waals surface area contributed by atoms with Gasteiger partial charge in [0.2, 0.25) is 0 Å². The summed E-state index contributed by atoms with van der Waals surface area (Å²) in [6.07, 6.45) is 15.3. The Kier molecular flexibility index (Phi) is 5.95. The largest absolute Gasteiger partial charge is 0.113 e. The minimum atomic E-state index is -0.339. The van der Waals surface area contributed by atoms with Crippen LogP contribution in [0.25, 0.3) is 0 Å². The molecule has 0 saturated heterocycles. The van der Waals surface area contributed by atoms with Gasteiger partial charge in [0.15, 0.2) is 0 Å². The lowest BCUT2D eigenvalue weighted by atomic mass is 10.00. The second kappa shape index (κ2) is 7.93. The Balaban J connectivity index is 1.80. The van der Waals surface area contributed by atoms with Crippen molar-refractivity contribution in [2.24, 2.45) is 0 Å². The van der Waals surface area contributed by atoms with Gasteiger partial charge in [-0.15, -0.1) is 7.47 Å². The van der Waals surface area contributed by atoms with Crippen LogP contribution in [0.2, 0.25) is 6.55 Å². The van der Waals surface area contributed by atoms with E-state index in [1.807, 2.05) is 0 Å². The van der Waals surface area contributed by atoms with E-state index in [0.717, 1.165) is 11.3 Å². The summed E-state index contributed by atoms with van der Waals surface area (Å²) in [5.41, 5.74) is 2.21. The molecule has 1 aromatic rings. The third-order valence-electron chi connectivity index (χ3n) is 5.52. The fourth-order valence-corrected chi connectivity index (χ4v) is 15.1. The van der Waals surface area contributed by atoms with E-state index in [4.69, 9.17) is 0 Å². The zero-order chi connectivity index (χ0) is 14.5. The predicted molar refractivity (Wildman–Crippen MR) is 98.4 cm³/mol. The minimum absolute atomic E-state index is 0.267. The van der Waals surface area contributed by atoms with Crippen LogP contribution in [-0.4, -0.2) is 19.8 Å². The minimum Gasteiger partial charge on any atom is -0.109 e. The monoisotopic (exact) mass is 317 g/mol. The van der Waals surface area contributed by atoms with Gasteiger partial charge in [0.25, 0.3) is 0 Å². The van der Waals surface area contributed by atoms with Crippen molar-refractivity contribution in [3.8, 4) is 0 Å². The van der Waals surface area contributed by atoms with E-state index < -0.39 is 0 Å². The molecule has 3 rings (SSSR count). The molecule has 0 aromatic heterocycles. The van der Waals surface area contributed by atoms with Gasteiger partial charge in [-0.1, -0.05) is 80.6 Å². The molecule has 0 heterocycles. The molecule has 0 unspecified atom stereocenters. The van der Waals surface area contributed by atoms with Gasteiger partial charge in [0.05, 0.1) is 0 Å². The first-order valence-corrected chi connectivity index (χ1v) is 13.4. The van der Waals surface area contributed by atoms with E-state index in [-0.39, 0.29) is 15.9 Å². The molecule has 0 amide bonds. The highest BCUT2D eigenvalue weighted by Gasteiger charge is 2.35. The van der Waals surface area contributed by atoms with Crippen molar-refractivity contribution in [1.82, 2.24) is 0 Å². The number of rotatable bonds is 4. The van der Waals surface area contributed by atoms with Gasteiger partial charge >= 0.3 is 0 Å². The van der Waals surface area contributed by atoms with Crippen molar-refractivity contribution in [3.05, 3.63) is 30.3 Å². The molecule has 0 N–H and O–H groups in total. The zero-order valence-corrected chi connectivity index (χ0v) is 15.5. The van der Waals surface area contributed by atoms with E-state index in [9.17, 15) is 0 Å². The smallest absolute Gasteiger partial charge is 0.109 e. The van der Waals surface area contributed by atoms with E-state index in [2.05, 4.69) is 36.9 Å². The third kappa shape index (κ3) is 3.99. The van der Waals surface area contributed by atoms with Crippen molar-refractivity contribution in [2.75, 3.05) is 0 Å². The van der Waals surface area contributed by atoms with Crippen LogP contribution in [-0.2, 0) is 0 Å². The van der Waals surface area contributed by atoms with Crippen molar-refractivity contribution in [3.63, 3.8) is 0 Å². The van der Waals surface area contributed by atoms with Gasteiger partial charge in [-0.3, -0.25) is 0 Å². The molecule has 2 saturated carbocycles. The second-order valence-electron chi connectivity index (χ2n) is 6.94. The number of hydrogen-bond acceptors (Lipinski definition) is 0. The molecule has 0 atom stereocenters. The number of hydrogen-bond donors (Lipinski definition) is 0. The third-order valence-corrected chi connectivity index (χ3v) is 15.4. The van der Waals surface area contributed by atoms with E-state index in [1.165, 1.54) is 38.5 Å². The highest BCUT2D eigenvalue weighted by Crippen LogP contribution is 2.57. The molecule has 0 aliphatic heterocycles. The highest BCUT2D eigenvalue weighted by molar-refractivity contribution is 7.93. The fourth-order valence-electron chi connectivity index (χ4n) is 4.39. The fraction of sp³-hybridized carbons (Fsp3) is 0.684. The van der Waals surface area contributed by atoms with Crippen molar-refractivity contribution < 1.29 is 0 Å². The summed E-state index contributed by atoms with van der Waals surface area (Å²) < 4.78 is 0. The second-order valence-corrected chi connectivity index (χ2v) is 14.5. The Bertz CT molecular complexity index is 389. The summed E-state index contributed by atoms with van der Waals surface area (Å²) in [5, 5.41) is 1.71. The van der Waals surface area contributed by atoms with Crippen LogP contribution in [0.1, 0.15) is 64.2 Å². The van der Waals surface area contributed by atoms with E-state index in [1.54, 1.807) is 30.9 Å². The van der Waals surface area contributed by atoms with Crippen molar-refractivity contribution in [1.29, 1.82) is 0 Å². The molecular weight excluding hydrogens is 287 g/mol. The SMILES string of the molecule is C[Si](c1ccccc1)P(C1CCCCC1)C1CCCCC1. The van der Waals surface area contributed by atoms with Gasteiger partial charge in [0.1, 0.15) is 8.46 Å². The average molecular weight is 318 g/mol. The molecule has 0 nitrogen and oxygen atoms in total. The highest BCUT2D eigenvalue weighted by atomic mass is 31.4. The van der Waals surface area contributed by atoms with Gasteiger partial charge in [-0.05, 0) is 37.0 Å². The predicted octanol–water partition coefficient (Wildman–Crippen LogP) is 5.66. The van der Waals surface area contributed by atoms with Gasteiger partial charge in [0, 0.05) is 0 Å². The van der Waals surface area contributed by atoms with Crippen molar-refractivity contribution in [2.45, 2.75) is 82.1 Å². The van der Waals surface area contributed by atoms with E-state index >= 15 is 0 Å². The average Bonchev–Trinajstić information content (AvgIpc) is 2.58. The molecule has 21 heavy (non-hydrogen) atoms. The Morgan fingerprint density at radius 2 is 1.24 bits per heavy atom. The first kappa shape index (κ1) is 15.8. The Morgan fingerprint density at radius 3 is 1.71 bits per heavy atom. The Morgan fingerprint density at radius 1 is 0.762 bits per heavy atom. The van der Waals surface area contributed by atoms with Crippen molar-refractivity contribution >= 4 is 21.1 Å². The standard InChI is InChI=1S/C19H30PSi/c1-21(19-15-9-4-10-16-19)20(17-11-5-2-6-12-17)18-13-7-3-8-14-18/h4,9-10,15-18H,2-3,5-8,11-14H2,1H3. The first-order valence-electron chi connectivity index (χ1n) is 9.03. The van der Waals surface area contributed by atoms with Crippen LogP contribution in [0.4, 0.5) is 0 Å². The van der Waals surface area contributed by atoms with Gasteiger partial charge in [-0.25, -0.2) is 0 Å². The lowest BCUT2D eigenvalue weighted by Gasteiger charge is -2.41. The summed E-state index contributed by atoms with van der Waals surface area (Å²) >= 11 is 0. The summed E-state index contributed by atoms with van der Waals surface area (Å²) in [7, 11) is -0.0712. The molecule has 2 fully saturated rings. The zero-order valence-electron chi connectivity index (χ0n) is 13.6. The summed E-state index contributed by atoms with van der Waals surface area (Å²) in [6, 6.07) is 11.6. The maximum Gasteiger partial charge on any atom is 0.113 e. The molecule has 1 radical (unpaired) electrons. The molecule has 2 aliphatic carbocycles. The summed E-state index contributed by atoms with van der Waals surface area (Å²) in [4.78, 5) is 0. The van der Waals surface area contributed by atoms with Crippen LogP contribution >= 0.6 is 7.47 Å². The topological polar surface area (TPSA) is 0 Å². The number of benzene rings is 1. The molecule has 2 heteroatoms. The Labute approximate surface area is 133 Å². The van der Waals surface area contributed by atoms with E-state index in [0.29, 0.717) is 0 Å². The first-order chi connectivity index (χ1) is 10.4. The molecule has 115 valence electrons. The molecule has 0 spiro atoms. The van der Waals surface area contributed by atoms with Crippen LogP contribution in [0.5, 0.6) is 0 Å². The normalized spacial score (nSPS) is 22.0. The maximum atomic E-state index is 2.65. The van der Waals surface area contributed by atoms with Crippen LogP contribution in [0, 0.1) is 0 Å². The quantitative estimate of drug-likeness (QED) is 0.496. The Hall–Kier alpha value is -0.133. The summed E-state index contributed by atoms with van der Waals surface area (Å²) in [6.45, 7) is 2.65. The molecule has 0 bridgehead atoms. The maximum absolute atomic E-state index is 2.65. The van der Waals surface area contributed by atoms with Gasteiger partial charge < -0.3 is 0 Å². The molecular formula is C19H30PSi. The van der Waals surface area contributed by atoms with Crippen LogP contribution < -0.4 is 5.19 Å². The molecule has 2 aliphatic rings. The summed E-state index contributed by atoms with van der Waals surface area (Å²) in [5.74, 6) is 0. The van der Waals surface area contributed by atoms with Crippen LogP contribution in [0.3, 0.4) is 0 Å².